The Hall–Kier alpha value is -2.18. The van der Waals surface area contributed by atoms with Crippen LogP contribution in [0.2, 0.25) is 0 Å². The van der Waals surface area contributed by atoms with Crippen molar-refractivity contribution in [2.45, 2.75) is 24.0 Å². The van der Waals surface area contributed by atoms with Crippen LogP contribution < -0.4 is 0 Å². The SMILES string of the molecule is O=C([C@@H](O)Cc1ccccc1)N1CCS(=O)(=O)c2ccccc2C1. The van der Waals surface area contributed by atoms with E-state index in [-0.39, 0.29) is 30.2 Å². The molecule has 1 atom stereocenters. The van der Waals surface area contributed by atoms with E-state index < -0.39 is 21.8 Å². The number of sulfone groups is 1. The summed E-state index contributed by atoms with van der Waals surface area (Å²) in [5, 5.41) is 10.3. The van der Waals surface area contributed by atoms with Crippen LogP contribution in [0, 0.1) is 0 Å². The highest BCUT2D eigenvalue weighted by molar-refractivity contribution is 7.91. The molecule has 5 nitrogen and oxygen atoms in total. The third-order valence-corrected chi connectivity index (χ3v) is 5.96. The van der Waals surface area contributed by atoms with Crippen molar-refractivity contribution in [3.63, 3.8) is 0 Å². The molecule has 1 aliphatic rings. The van der Waals surface area contributed by atoms with Gasteiger partial charge >= 0.3 is 0 Å². The van der Waals surface area contributed by atoms with Gasteiger partial charge in [0, 0.05) is 19.5 Å². The summed E-state index contributed by atoms with van der Waals surface area (Å²) in [5.74, 6) is -0.570. The summed E-state index contributed by atoms with van der Waals surface area (Å²) in [7, 11) is -3.41. The molecule has 0 aliphatic carbocycles. The number of benzene rings is 2. The van der Waals surface area contributed by atoms with Crippen molar-refractivity contribution in [2.75, 3.05) is 12.3 Å². The molecule has 0 unspecified atom stereocenters. The van der Waals surface area contributed by atoms with E-state index in [0.717, 1.165) is 5.56 Å². The Morgan fingerprint density at radius 1 is 1.08 bits per heavy atom. The third kappa shape index (κ3) is 3.49. The second-order valence-corrected chi connectivity index (χ2v) is 7.97. The Morgan fingerprint density at radius 2 is 1.75 bits per heavy atom. The van der Waals surface area contributed by atoms with Crippen LogP contribution in [0.5, 0.6) is 0 Å². The lowest BCUT2D eigenvalue weighted by Crippen LogP contribution is -2.40. The molecular formula is C18H19NO4S. The number of nitrogens with zero attached hydrogens (tertiary/aromatic N) is 1. The molecule has 0 spiro atoms. The fourth-order valence-electron chi connectivity index (χ4n) is 2.89. The maximum Gasteiger partial charge on any atom is 0.252 e. The normalized spacial score (nSPS) is 17.6. The van der Waals surface area contributed by atoms with E-state index in [4.69, 9.17) is 0 Å². The molecule has 1 heterocycles. The molecule has 0 saturated carbocycles. The van der Waals surface area contributed by atoms with Gasteiger partial charge in [0.25, 0.3) is 5.91 Å². The van der Waals surface area contributed by atoms with E-state index in [1.54, 1.807) is 24.3 Å². The fraction of sp³-hybridized carbons (Fsp3) is 0.278. The van der Waals surface area contributed by atoms with Gasteiger partial charge in [-0.1, -0.05) is 48.5 Å². The largest absolute Gasteiger partial charge is 0.383 e. The Kier molecular flexibility index (Phi) is 4.69. The number of carbonyl (C=O) groups excluding carboxylic acids is 1. The number of aliphatic hydroxyl groups is 1. The molecule has 1 N–H and O–H groups in total. The minimum absolute atomic E-state index is 0.0850. The van der Waals surface area contributed by atoms with E-state index in [9.17, 15) is 18.3 Å². The predicted octanol–water partition coefficient (Wildman–Crippen LogP) is 1.41. The second kappa shape index (κ2) is 6.75. The summed E-state index contributed by atoms with van der Waals surface area (Å²) < 4.78 is 24.6. The molecule has 126 valence electrons. The number of fused-ring (bicyclic) bond motifs is 1. The van der Waals surface area contributed by atoms with Crippen LogP contribution in [0.15, 0.2) is 59.5 Å². The molecule has 6 heteroatoms. The van der Waals surface area contributed by atoms with E-state index in [1.807, 2.05) is 30.3 Å². The summed E-state index contributed by atoms with van der Waals surface area (Å²) in [4.78, 5) is 14.3. The van der Waals surface area contributed by atoms with Gasteiger partial charge in [-0.15, -0.1) is 0 Å². The van der Waals surface area contributed by atoms with Crippen LogP contribution in [0.25, 0.3) is 0 Å². The first-order valence-corrected chi connectivity index (χ1v) is 9.44. The van der Waals surface area contributed by atoms with Gasteiger partial charge in [0.1, 0.15) is 6.10 Å². The van der Waals surface area contributed by atoms with E-state index in [2.05, 4.69) is 0 Å². The van der Waals surface area contributed by atoms with E-state index in [1.165, 1.54) is 4.90 Å². The van der Waals surface area contributed by atoms with Gasteiger partial charge in [-0.2, -0.15) is 0 Å². The van der Waals surface area contributed by atoms with Crippen molar-refractivity contribution in [1.82, 2.24) is 4.90 Å². The Bertz CT molecular complexity index is 833. The highest BCUT2D eigenvalue weighted by Crippen LogP contribution is 2.23. The average molecular weight is 345 g/mol. The predicted molar refractivity (Wildman–Crippen MR) is 90.1 cm³/mol. The zero-order valence-corrected chi connectivity index (χ0v) is 13.9. The van der Waals surface area contributed by atoms with E-state index >= 15 is 0 Å². The number of amides is 1. The summed E-state index contributed by atoms with van der Waals surface area (Å²) in [6, 6.07) is 16.0. The molecule has 2 aromatic carbocycles. The Morgan fingerprint density at radius 3 is 2.50 bits per heavy atom. The van der Waals surface area contributed by atoms with Gasteiger partial charge in [-0.05, 0) is 17.2 Å². The van der Waals surface area contributed by atoms with Gasteiger partial charge in [0.2, 0.25) is 0 Å². The third-order valence-electron chi connectivity index (χ3n) is 4.17. The van der Waals surface area contributed by atoms with Crippen LogP contribution in [0.3, 0.4) is 0 Å². The first-order valence-electron chi connectivity index (χ1n) is 7.79. The maximum absolute atomic E-state index is 12.6. The summed E-state index contributed by atoms with van der Waals surface area (Å²) in [6.45, 7) is 0.280. The molecule has 0 bridgehead atoms. The highest BCUT2D eigenvalue weighted by atomic mass is 32.2. The maximum atomic E-state index is 12.6. The minimum Gasteiger partial charge on any atom is -0.383 e. The van der Waals surface area contributed by atoms with Crippen LogP contribution in [0.4, 0.5) is 0 Å². The molecule has 0 fully saturated rings. The number of aliphatic hydroxyl groups excluding tert-OH is 1. The molecular weight excluding hydrogens is 326 g/mol. The first-order chi connectivity index (χ1) is 11.5. The highest BCUT2D eigenvalue weighted by Gasteiger charge is 2.30. The van der Waals surface area contributed by atoms with Gasteiger partial charge in [-0.3, -0.25) is 4.79 Å². The van der Waals surface area contributed by atoms with Gasteiger partial charge in [-0.25, -0.2) is 8.42 Å². The molecule has 0 aromatic heterocycles. The lowest BCUT2D eigenvalue weighted by molar-refractivity contribution is -0.140. The van der Waals surface area contributed by atoms with Crippen LogP contribution in [-0.2, 0) is 27.6 Å². The van der Waals surface area contributed by atoms with Crippen molar-refractivity contribution in [3.8, 4) is 0 Å². The number of hydrogen-bond acceptors (Lipinski definition) is 4. The standard InChI is InChI=1S/C18H19NO4S/c20-16(12-14-6-2-1-3-7-14)18(21)19-10-11-24(22,23)17-9-5-4-8-15(17)13-19/h1-9,16,20H,10-13H2/t16-/m0/s1. The van der Waals surface area contributed by atoms with Crippen molar-refractivity contribution < 1.29 is 18.3 Å². The molecule has 2 aromatic rings. The van der Waals surface area contributed by atoms with Crippen LogP contribution in [0.1, 0.15) is 11.1 Å². The zero-order chi connectivity index (χ0) is 17.2. The van der Waals surface area contributed by atoms with Gasteiger partial charge < -0.3 is 10.0 Å². The quantitative estimate of drug-likeness (QED) is 0.913. The Labute approximate surface area is 141 Å². The Balaban J connectivity index is 1.79. The first kappa shape index (κ1) is 16.7. The molecule has 0 radical (unpaired) electrons. The molecule has 0 saturated heterocycles. The van der Waals surface area contributed by atoms with Crippen molar-refractivity contribution in [1.29, 1.82) is 0 Å². The number of hydrogen-bond donors (Lipinski definition) is 1. The summed E-state index contributed by atoms with van der Waals surface area (Å²) in [6.07, 6.45) is -0.967. The van der Waals surface area contributed by atoms with Crippen LogP contribution >= 0.6 is 0 Å². The monoisotopic (exact) mass is 345 g/mol. The average Bonchev–Trinajstić information content (AvgIpc) is 2.72. The van der Waals surface area contributed by atoms with Gasteiger partial charge in [0.05, 0.1) is 10.6 Å². The lowest BCUT2D eigenvalue weighted by atomic mass is 10.1. The fourth-order valence-corrected chi connectivity index (χ4v) is 4.39. The smallest absolute Gasteiger partial charge is 0.252 e. The summed E-state index contributed by atoms with van der Waals surface area (Å²) >= 11 is 0. The molecule has 24 heavy (non-hydrogen) atoms. The summed E-state index contributed by atoms with van der Waals surface area (Å²) in [5.41, 5.74) is 1.46. The number of carbonyl (C=O) groups is 1. The molecule has 1 aliphatic heterocycles. The molecule has 1 amide bonds. The van der Waals surface area contributed by atoms with Crippen molar-refractivity contribution in [2.24, 2.45) is 0 Å². The topological polar surface area (TPSA) is 74.7 Å². The lowest BCUT2D eigenvalue weighted by Gasteiger charge is -2.23. The van der Waals surface area contributed by atoms with Crippen molar-refractivity contribution >= 4 is 15.7 Å². The molecule has 3 rings (SSSR count). The van der Waals surface area contributed by atoms with E-state index in [0.29, 0.717) is 5.56 Å². The van der Waals surface area contributed by atoms with Crippen molar-refractivity contribution in [3.05, 3.63) is 65.7 Å². The van der Waals surface area contributed by atoms with Gasteiger partial charge in [0.15, 0.2) is 9.84 Å². The number of rotatable bonds is 3. The second-order valence-electron chi connectivity index (χ2n) is 5.89. The minimum atomic E-state index is -3.41. The zero-order valence-electron chi connectivity index (χ0n) is 13.1. The van der Waals surface area contributed by atoms with Crippen LogP contribution in [-0.4, -0.2) is 42.7 Å².